The van der Waals surface area contributed by atoms with Crippen molar-refractivity contribution in [2.75, 3.05) is 19.7 Å². The van der Waals surface area contributed by atoms with Crippen LogP contribution >= 0.6 is 0 Å². The molecule has 1 aromatic heterocycles. The Labute approximate surface area is 174 Å². The second-order valence-electron chi connectivity index (χ2n) is 9.05. The number of nitrogens with one attached hydrogen (secondary N) is 1. The van der Waals surface area contributed by atoms with Crippen molar-refractivity contribution in [2.45, 2.75) is 57.2 Å². The van der Waals surface area contributed by atoms with E-state index >= 15 is 0 Å². The molecule has 2 saturated heterocycles. The van der Waals surface area contributed by atoms with E-state index in [1.165, 1.54) is 6.07 Å². The number of carbonyl (C=O) groups excluding carboxylic acids is 1. The Morgan fingerprint density at radius 3 is 2.60 bits per heavy atom. The molecule has 1 atom stereocenters. The lowest BCUT2D eigenvalue weighted by molar-refractivity contribution is -0.146. The van der Waals surface area contributed by atoms with Gasteiger partial charge in [-0.2, -0.15) is 13.2 Å². The van der Waals surface area contributed by atoms with Gasteiger partial charge in [-0.15, -0.1) is 0 Å². The minimum atomic E-state index is -4.34. The van der Waals surface area contributed by atoms with E-state index < -0.39 is 11.7 Å². The molecule has 1 saturated carbocycles. The summed E-state index contributed by atoms with van der Waals surface area (Å²) in [5.41, 5.74) is 0.263. The second kappa shape index (κ2) is 8.12. The average molecular weight is 423 g/mol. The van der Waals surface area contributed by atoms with Crippen molar-refractivity contribution in [1.29, 1.82) is 0 Å². The number of pyridine rings is 1. The van der Waals surface area contributed by atoms with Crippen LogP contribution in [0.25, 0.3) is 0 Å². The number of hydrogen-bond donors (Lipinski definition) is 1. The minimum absolute atomic E-state index is 0.172. The van der Waals surface area contributed by atoms with Crippen LogP contribution in [0.5, 0.6) is 0 Å². The number of aromatic nitrogens is 1. The normalized spacial score (nSPS) is 23.8. The first-order valence-corrected chi connectivity index (χ1v) is 10.6. The maximum atomic E-state index is 12.7. The van der Waals surface area contributed by atoms with Gasteiger partial charge in [-0.3, -0.25) is 9.78 Å². The Morgan fingerprint density at radius 1 is 1.30 bits per heavy atom. The third-order valence-electron chi connectivity index (χ3n) is 6.75. The topological polar surface area (TPSA) is 54.5 Å². The molecule has 3 fully saturated rings. The molecule has 4 rings (SSSR count). The molecule has 1 amide bonds. The monoisotopic (exact) mass is 423 g/mol. The molecule has 3 aliphatic rings. The summed E-state index contributed by atoms with van der Waals surface area (Å²) in [5, 5.41) is 3.13. The number of nitrogens with zero attached hydrogens (tertiary/aromatic N) is 2. The molecule has 3 heterocycles. The molecule has 5 nitrogen and oxygen atoms in total. The largest absolute Gasteiger partial charge is 0.478 e. The SMILES string of the molecule is C=C1N[C@H](CCC(=O)N2CC3(CCC(Cc4ccc(C(F)(F)F)cn4)CC3)C2)CO1. The van der Waals surface area contributed by atoms with E-state index in [4.69, 9.17) is 4.74 Å². The summed E-state index contributed by atoms with van der Waals surface area (Å²) in [6.45, 7) is 5.96. The van der Waals surface area contributed by atoms with E-state index in [-0.39, 0.29) is 17.4 Å². The lowest BCUT2D eigenvalue weighted by Crippen LogP contribution is -2.59. The van der Waals surface area contributed by atoms with E-state index in [2.05, 4.69) is 16.9 Å². The molecule has 1 spiro atoms. The van der Waals surface area contributed by atoms with E-state index in [0.717, 1.165) is 69.6 Å². The number of carbonyl (C=O) groups is 1. The Bertz CT molecular complexity index is 778. The van der Waals surface area contributed by atoms with Gasteiger partial charge in [-0.25, -0.2) is 0 Å². The van der Waals surface area contributed by atoms with Crippen molar-refractivity contribution in [1.82, 2.24) is 15.2 Å². The standard InChI is InChI=1S/C22H28F3N3O2/c1-15-27-19(12-30-15)4-5-20(29)28-13-21(14-28)8-6-16(7-9-21)10-18-3-2-17(11-26-18)22(23,24)25/h2-3,11,16,19,27H,1,4-10,12-14H2/t19-/m1/s1. The predicted molar refractivity (Wildman–Crippen MR) is 105 cm³/mol. The number of hydrogen-bond acceptors (Lipinski definition) is 4. The third-order valence-corrected chi connectivity index (χ3v) is 6.75. The highest BCUT2D eigenvalue weighted by Gasteiger charge is 2.46. The van der Waals surface area contributed by atoms with Crippen LogP contribution in [0.4, 0.5) is 13.2 Å². The van der Waals surface area contributed by atoms with Crippen LogP contribution in [0.15, 0.2) is 30.8 Å². The van der Waals surface area contributed by atoms with E-state index in [1.807, 2.05) is 4.90 Å². The molecular formula is C22H28F3N3O2. The molecular weight excluding hydrogens is 395 g/mol. The summed E-state index contributed by atoms with van der Waals surface area (Å²) >= 11 is 0. The zero-order valence-electron chi connectivity index (χ0n) is 17.0. The first-order chi connectivity index (χ1) is 14.2. The molecule has 8 heteroatoms. The van der Waals surface area contributed by atoms with Gasteiger partial charge in [0.1, 0.15) is 6.61 Å². The van der Waals surface area contributed by atoms with Crippen molar-refractivity contribution in [2.24, 2.45) is 11.3 Å². The summed E-state index contributed by atoms with van der Waals surface area (Å²) in [6.07, 6.45) is 2.80. The number of ether oxygens (including phenoxy) is 1. The molecule has 164 valence electrons. The van der Waals surface area contributed by atoms with Crippen LogP contribution in [0, 0.1) is 11.3 Å². The molecule has 30 heavy (non-hydrogen) atoms. The van der Waals surface area contributed by atoms with Gasteiger partial charge in [-0.1, -0.05) is 0 Å². The predicted octanol–water partition coefficient (Wildman–Crippen LogP) is 3.90. The number of likely N-dealkylation sites (tertiary alicyclic amines) is 1. The summed E-state index contributed by atoms with van der Waals surface area (Å²) in [7, 11) is 0. The number of rotatable bonds is 5. The van der Waals surface area contributed by atoms with Gasteiger partial charge in [0.15, 0.2) is 5.88 Å². The Balaban J connectivity index is 1.18. The van der Waals surface area contributed by atoms with Crippen LogP contribution in [0.2, 0.25) is 0 Å². The smallest absolute Gasteiger partial charge is 0.417 e. The fourth-order valence-corrected chi connectivity index (χ4v) is 4.88. The first kappa shape index (κ1) is 21.0. The van der Waals surface area contributed by atoms with Crippen molar-refractivity contribution in [3.8, 4) is 0 Å². The van der Waals surface area contributed by atoms with Gasteiger partial charge < -0.3 is 15.0 Å². The zero-order chi connectivity index (χ0) is 21.4. The van der Waals surface area contributed by atoms with Gasteiger partial charge in [-0.05, 0) is 63.2 Å². The molecule has 1 N–H and O–H groups in total. The van der Waals surface area contributed by atoms with Crippen molar-refractivity contribution >= 4 is 5.91 Å². The number of halogens is 3. The fourth-order valence-electron chi connectivity index (χ4n) is 4.88. The average Bonchev–Trinajstić information content (AvgIpc) is 3.10. The summed E-state index contributed by atoms with van der Waals surface area (Å²) < 4.78 is 43.3. The van der Waals surface area contributed by atoms with E-state index in [1.54, 1.807) is 0 Å². The van der Waals surface area contributed by atoms with E-state index in [0.29, 0.717) is 24.8 Å². The minimum Gasteiger partial charge on any atom is -0.478 e. The molecule has 0 radical (unpaired) electrons. The van der Waals surface area contributed by atoms with Crippen LogP contribution in [0.3, 0.4) is 0 Å². The van der Waals surface area contributed by atoms with Gasteiger partial charge in [0.05, 0.1) is 11.6 Å². The van der Waals surface area contributed by atoms with Crippen LogP contribution in [-0.2, 0) is 22.1 Å². The van der Waals surface area contributed by atoms with Crippen molar-refractivity contribution in [3.05, 3.63) is 42.0 Å². The molecule has 2 aliphatic heterocycles. The number of amides is 1. The van der Waals surface area contributed by atoms with Crippen LogP contribution < -0.4 is 5.32 Å². The van der Waals surface area contributed by atoms with Crippen molar-refractivity contribution in [3.63, 3.8) is 0 Å². The Hall–Kier alpha value is -2.25. The number of alkyl halides is 3. The lowest BCUT2D eigenvalue weighted by Gasteiger charge is -2.53. The lowest BCUT2D eigenvalue weighted by atomic mass is 9.65. The van der Waals surface area contributed by atoms with Gasteiger partial charge in [0.25, 0.3) is 0 Å². The summed E-state index contributed by atoms with van der Waals surface area (Å²) in [6, 6.07) is 2.78. The van der Waals surface area contributed by atoms with Gasteiger partial charge in [0, 0.05) is 36.8 Å². The molecule has 1 aliphatic carbocycles. The Kier molecular flexibility index (Phi) is 5.68. The van der Waals surface area contributed by atoms with Crippen LogP contribution in [-0.4, -0.2) is 41.5 Å². The molecule has 0 bridgehead atoms. The third kappa shape index (κ3) is 4.73. The van der Waals surface area contributed by atoms with Crippen LogP contribution in [0.1, 0.15) is 49.8 Å². The van der Waals surface area contributed by atoms with Gasteiger partial charge in [0.2, 0.25) is 5.91 Å². The maximum absolute atomic E-state index is 12.7. The summed E-state index contributed by atoms with van der Waals surface area (Å²) in [5.74, 6) is 1.24. The zero-order valence-corrected chi connectivity index (χ0v) is 17.0. The van der Waals surface area contributed by atoms with Crippen molar-refractivity contribution < 1.29 is 22.7 Å². The quantitative estimate of drug-likeness (QED) is 0.781. The highest BCUT2D eigenvalue weighted by Crippen LogP contribution is 2.46. The highest BCUT2D eigenvalue weighted by atomic mass is 19.4. The highest BCUT2D eigenvalue weighted by molar-refractivity contribution is 5.77. The summed E-state index contributed by atoms with van der Waals surface area (Å²) in [4.78, 5) is 18.4. The van der Waals surface area contributed by atoms with Gasteiger partial charge >= 0.3 is 6.18 Å². The maximum Gasteiger partial charge on any atom is 0.417 e. The Morgan fingerprint density at radius 2 is 2.03 bits per heavy atom. The molecule has 0 unspecified atom stereocenters. The first-order valence-electron chi connectivity index (χ1n) is 10.6. The second-order valence-corrected chi connectivity index (χ2v) is 9.05. The molecule has 0 aromatic carbocycles. The molecule has 1 aromatic rings. The fraction of sp³-hybridized carbons (Fsp3) is 0.636. The van der Waals surface area contributed by atoms with E-state index in [9.17, 15) is 18.0 Å².